The van der Waals surface area contributed by atoms with Gasteiger partial charge in [0.15, 0.2) is 0 Å². The van der Waals surface area contributed by atoms with Gasteiger partial charge in [0.05, 0.1) is 25.0 Å². The maximum absolute atomic E-state index is 13.8. The number of nitriles is 1. The Morgan fingerprint density at radius 1 is 0.923 bits per heavy atom. The minimum absolute atomic E-state index is 0.0333. The zero-order valence-electron chi connectivity index (χ0n) is 21.9. The van der Waals surface area contributed by atoms with Crippen molar-refractivity contribution in [2.24, 2.45) is 0 Å². The van der Waals surface area contributed by atoms with Gasteiger partial charge in [0.25, 0.3) is 11.8 Å². The molecule has 5 rings (SSSR count). The second kappa shape index (κ2) is 10.6. The third kappa shape index (κ3) is 5.00. The number of rotatable bonds is 6. The number of benzene rings is 3. The number of methoxy groups -OCH3 is 1. The zero-order chi connectivity index (χ0) is 27.5. The number of hydrogen-bond donors (Lipinski definition) is 0. The van der Waals surface area contributed by atoms with Crippen molar-refractivity contribution in [2.75, 3.05) is 7.11 Å². The first-order chi connectivity index (χ1) is 18.9. The van der Waals surface area contributed by atoms with Gasteiger partial charge in [-0.05, 0) is 55.3 Å². The van der Waals surface area contributed by atoms with Gasteiger partial charge in [-0.1, -0.05) is 60.2 Å². The highest BCUT2D eigenvalue weighted by molar-refractivity contribution is 6.19. The molecule has 3 aromatic carbocycles. The molecule has 0 saturated carbocycles. The minimum Gasteiger partial charge on any atom is -0.497 e. The third-order valence-electron chi connectivity index (χ3n) is 6.71. The van der Waals surface area contributed by atoms with Crippen LogP contribution in [0, 0.1) is 18.3 Å². The molecule has 0 unspecified atom stereocenters. The molecule has 0 N–H and O–H groups in total. The van der Waals surface area contributed by atoms with Gasteiger partial charge in [-0.25, -0.2) is 4.68 Å². The van der Waals surface area contributed by atoms with Crippen LogP contribution < -0.4 is 4.74 Å². The van der Waals surface area contributed by atoms with Crippen LogP contribution in [0.2, 0.25) is 0 Å². The largest absolute Gasteiger partial charge is 0.497 e. The summed E-state index contributed by atoms with van der Waals surface area (Å²) >= 11 is 0. The van der Waals surface area contributed by atoms with Crippen LogP contribution in [0.1, 0.15) is 23.6 Å². The Morgan fingerprint density at radius 3 is 2.26 bits per heavy atom. The molecule has 7 heteroatoms. The van der Waals surface area contributed by atoms with Crippen LogP contribution in [0.15, 0.2) is 102 Å². The number of ether oxygens (including phenoxy) is 1. The SMILES string of the molecule is COc1ccc(CN2C(=O)C(C#N)=C(C)/C(=C\c3cn(-c4ccccc4)nc3-c3ccc(C)cc3)C2=O)cc1. The normalized spacial score (nSPS) is 14.6. The molecule has 0 saturated heterocycles. The van der Waals surface area contributed by atoms with Crippen LogP contribution in [0.4, 0.5) is 0 Å². The Kier molecular flexibility index (Phi) is 6.94. The zero-order valence-corrected chi connectivity index (χ0v) is 21.9. The van der Waals surface area contributed by atoms with Crippen molar-refractivity contribution in [3.05, 3.63) is 118 Å². The second-order valence-corrected chi connectivity index (χ2v) is 9.29. The fourth-order valence-corrected chi connectivity index (χ4v) is 4.48. The number of hydrogen-bond acceptors (Lipinski definition) is 5. The lowest BCUT2D eigenvalue weighted by atomic mass is 9.93. The standard InChI is InChI=1S/C32H26N4O3/c1-21-9-13-24(14-10-21)30-25(20-36(34-30)26-7-5-4-6-8-26)17-28-22(2)29(18-33)32(38)35(31(28)37)19-23-11-15-27(39-3)16-12-23/h4-17,20H,19H2,1-3H3/b28-17+. The van der Waals surface area contributed by atoms with Gasteiger partial charge in [0.1, 0.15) is 17.4 Å². The van der Waals surface area contributed by atoms with Gasteiger partial charge in [0, 0.05) is 22.9 Å². The van der Waals surface area contributed by atoms with Gasteiger partial charge < -0.3 is 4.74 Å². The molecule has 4 aromatic rings. The summed E-state index contributed by atoms with van der Waals surface area (Å²) in [6.07, 6.45) is 3.58. The average molecular weight is 515 g/mol. The Balaban J connectivity index is 1.62. The van der Waals surface area contributed by atoms with Crippen molar-refractivity contribution in [3.63, 3.8) is 0 Å². The highest BCUT2D eigenvalue weighted by atomic mass is 16.5. The molecule has 1 aromatic heterocycles. The number of carbonyl (C=O) groups excluding carboxylic acids is 2. The molecule has 1 aliphatic heterocycles. The fraction of sp³-hybridized carbons (Fsp3) is 0.125. The predicted octanol–water partition coefficient (Wildman–Crippen LogP) is 5.65. The van der Waals surface area contributed by atoms with Crippen LogP contribution in [-0.4, -0.2) is 33.6 Å². The number of para-hydroxylation sites is 1. The summed E-state index contributed by atoms with van der Waals surface area (Å²) in [4.78, 5) is 28.0. The molecule has 2 heterocycles. The summed E-state index contributed by atoms with van der Waals surface area (Å²) < 4.78 is 6.97. The molecular formula is C32H26N4O3. The van der Waals surface area contributed by atoms with E-state index in [4.69, 9.17) is 9.84 Å². The van der Waals surface area contributed by atoms with E-state index in [1.807, 2.05) is 73.8 Å². The van der Waals surface area contributed by atoms with Crippen molar-refractivity contribution < 1.29 is 14.3 Å². The van der Waals surface area contributed by atoms with E-state index in [0.717, 1.165) is 27.3 Å². The smallest absolute Gasteiger partial charge is 0.271 e. The van der Waals surface area contributed by atoms with E-state index >= 15 is 0 Å². The van der Waals surface area contributed by atoms with E-state index in [2.05, 4.69) is 0 Å². The average Bonchev–Trinajstić information content (AvgIpc) is 3.39. The molecule has 7 nitrogen and oxygen atoms in total. The number of imide groups is 1. The molecule has 0 aliphatic carbocycles. The Hall–Kier alpha value is -5.22. The van der Waals surface area contributed by atoms with Crippen LogP contribution >= 0.6 is 0 Å². The first kappa shape index (κ1) is 25.4. The molecule has 1 aliphatic rings. The molecule has 192 valence electrons. The monoisotopic (exact) mass is 514 g/mol. The minimum atomic E-state index is -0.605. The van der Waals surface area contributed by atoms with E-state index in [1.165, 1.54) is 0 Å². The molecule has 39 heavy (non-hydrogen) atoms. The van der Waals surface area contributed by atoms with E-state index in [9.17, 15) is 14.9 Å². The Morgan fingerprint density at radius 2 is 1.62 bits per heavy atom. The quantitative estimate of drug-likeness (QED) is 0.245. The Bertz CT molecular complexity index is 1660. The van der Waals surface area contributed by atoms with Crippen molar-refractivity contribution in [2.45, 2.75) is 20.4 Å². The van der Waals surface area contributed by atoms with Crippen molar-refractivity contribution in [1.29, 1.82) is 5.26 Å². The fourth-order valence-electron chi connectivity index (χ4n) is 4.48. The number of amides is 2. The van der Waals surface area contributed by atoms with Crippen molar-refractivity contribution >= 4 is 17.9 Å². The summed E-state index contributed by atoms with van der Waals surface area (Å²) in [5, 5.41) is 14.7. The molecule has 0 bridgehead atoms. The third-order valence-corrected chi connectivity index (χ3v) is 6.71. The van der Waals surface area contributed by atoms with Crippen LogP contribution in [-0.2, 0) is 16.1 Å². The number of aryl methyl sites for hydroxylation is 1. The van der Waals surface area contributed by atoms with E-state index in [1.54, 1.807) is 49.1 Å². The van der Waals surface area contributed by atoms with Gasteiger partial charge in [-0.3, -0.25) is 14.5 Å². The van der Waals surface area contributed by atoms with Crippen molar-refractivity contribution in [1.82, 2.24) is 14.7 Å². The summed E-state index contributed by atoms with van der Waals surface area (Å²) in [6, 6.07) is 26.8. The van der Waals surface area contributed by atoms with Gasteiger partial charge in [0.2, 0.25) is 0 Å². The first-order valence-electron chi connectivity index (χ1n) is 12.4. The number of aromatic nitrogens is 2. The Labute approximate surface area is 226 Å². The highest BCUT2D eigenvalue weighted by Gasteiger charge is 2.35. The van der Waals surface area contributed by atoms with Gasteiger partial charge >= 0.3 is 0 Å². The van der Waals surface area contributed by atoms with E-state index in [-0.39, 0.29) is 17.7 Å². The van der Waals surface area contributed by atoms with Crippen LogP contribution in [0.3, 0.4) is 0 Å². The van der Waals surface area contributed by atoms with Gasteiger partial charge in [-0.15, -0.1) is 0 Å². The first-order valence-corrected chi connectivity index (χ1v) is 12.4. The maximum Gasteiger partial charge on any atom is 0.271 e. The summed E-state index contributed by atoms with van der Waals surface area (Å²) in [7, 11) is 1.57. The molecule has 0 atom stereocenters. The van der Waals surface area contributed by atoms with Crippen LogP contribution in [0.5, 0.6) is 5.75 Å². The molecule has 0 fully saturated rings. The summed E-state index contributed by atoms with van der Waals surface area (Å²) in [6.45, 7) is 3.69. The van der Waals surface area contributed by atoms with Crippen LogP contribution in [0.25, 0.3) is 23.0 Å². The molecule has 0 radical (unpaired) electrons. The van der Waals surface area contributed by atoms with E-state index in [0.29, 0.717) is 22.6 Å². The second-order valence-electron chi connectivity index (χ2n) is 9.29. The van der Waals surface area contributed by atoms with Crippen molar-refractivity contribution in [3.8, 4) is 28.8 Å². The number of nitrogens with zero attached hydrogens (tertiary/aromatic N) is 4. The lowest BCUT2D eigenvalue weighted by Crippen LogP contribution is -2.42. The highest BCUT2D eigenvalue weighted by Crippen LogP contribution is 2.32. The topological polar surface area (TPSA) is 88.2 Å². The number of carbonyl (C=O) groups is 2. The lowest BCUT2D eigenvalue weighted by molar-refractivity contribution is -0.141. The van der Waals surface area contributed by atoms with E-state index < -0.39 is 11.8 Å². The predicted molar refractivity (Wildman–Crippen MR) is 149 cm³/mol. The lowest BCUT2D eigenvalue weighted by Gasteiger charge is -2.27. The summed E-state index contributed by atoms with van der Waals surface area (Å²) in [5.74, 6) is -0.399. The van der Waals surface area contributed by atoms with Gasteiger partial charge in [-0.2, -0.15) is 10.4 Å². The molecule has 2 amide bonds. The molecule has 0 spiro atoms. The molecular weight excluding hydrogens is 488 g/mol. The summed E-state index contributed by atoms with van der Waals surface area (Å²) in [5.41, 5.74) is 5.57. The maximum atomic E-state index is 13.8.